The van der Waals surface area contributed by atoms with Crippen molar-refractivity contribution in [1.29, 1.82) is 0 Å². The molecule has 2 aromatic rings. The summed E-state index contributed by atoms with van der Waals surface area (Å²) in [7, 11) is 0. The molecule has 0 saturated carbocycles. The van der Waals surface area contributed by atoms with Crippen LogP contribution < -0.4 is 16.4 Å². The van der Waals surface area contributed by atoms with Crippen molar-refractivity contribution in [3.05, 3.63) is 52.5 Å². The van der Waals surface area contributed by atoms with Crippen molar-refractivity contribution in [3.8, 4) is 0 Å². The predicted molar refractivity (Wildman–Crippen MR) is 80.0 cm³/mol. The van der Waals surface area contributed by atoms with E-state index in [4.69, 9.17) is 28.9 Å². The van der Waals surface area contributed by atoms with Gasteiger partial charge in [0.1, 0.15) is 0 Å². The smallest absolute Gasteiger partial charge is 0.323 e. The van der Waals surface area contributed by atoms with E-state index in [2.05, 4.69) is 10.6 Å². The van der Waals surface area contributed by atoms with Gasteiger partial charge in [-0.3, -0.25) is 0 Å². The second-order valence-electron chi connectivity index (χ2n) is 3.80. The van der Waals surface area contributed by atoms with E-state index in [1.807, 2.05) is 0 Å². The topological polar surface area (TPSA) is 67.1 Å². The van der Waals surface area contributed by atoms with E-state index in [1.54, 1.807) is 42.5 Å². The minimum absolute atomic E-state index is 0.374. The molecule has 4 N–H and O–H groups in total. The van der Waals surface area contributed by atoms with Gasteiger partial charge in [-0.25, -0.2) is 4.79 Å². The summed E-state index contributed by atoms with van der Waals surface area (Å²) in [4.78, 5) is 11.8. The molecule has 0 bridgehead atoms. The van der Waals surface area contributed by atoms with Crippen LogP contribution >= 0.6 is 23.2 Å². The van der Waals surface area contributed by atoms with E-state index in [-0.39, 0.29) is 0 Å². The molecule has 0 aliphatic carbocycles. The lowest BCUT2D eigenvalue weighted by Gasteiger charge is -2.10. The van der Waals surface area contributed by atoms with Crippen LogP contribution in [0.5, 0.6) is 0 Å². The normalized spacial score (nSPS) is 10.0. The maximum absolute atomic E-state index is 11.8. The van der Waals surface area contributed by atoms with Crippen LogP contribution in [-0.2, 0) is 0 Å². The average Bonchev–Trinajstić information content (AvgIpc) is 2.37. The van der Waals surface area contributed by atoms with Gasteiger partial charge in [0.2, 0.25) is 0 Å². The SMILES string of the molecule is Nc1ccccc1NC(=O)Nc1ccc(Cl)c(Cl)c1. The Morgan fingerprint density at radius 2 is 1.74 bits per heavy atom. The molecule has 0 radical (unpaired) electrons. The molecule has 0 aliphatic rings. The molecule has 0 unspecified atom stereocenters. The van der Waals surface area contributed by atoms with Gasteiger partial charge in [0.05, 0.1) is 21.4 Å². The zero-order valence-corrected chi connectivity index (χ0v) is 11.3. The fourth-order valence-corrected chi connectivity index (χ4v) is 1.77. The summed E-state index contributed by atoms with van der Waals surface area (Å²) in [6.07, 6.45) is 0. The Hall–Kier alpha value is -1.91. The van der Waals surface area contributed by atoms with Crippen LogP contribution in [-0.4, -0.2) is 6.03 Å². The molecular formula is C13H11Cl2N3O. The van der Waals surface area contributed by atoms with Crippen molar-refractivity contribution in [2.24, 2.45) is 0 Å². The Kier molecular flexibility index (Phi) is 4.14. The van der Waals surface area contributed by atoms with Gasteiger partial charge < -0.3 is 16.4 Å². The Bertz CT molecular complexity index is 617. The van der Waals surface area contributed by atoms with E-state index in [0.29, 0.717) is 27.1 Å². The number of halogens is 2. The number of nitrogens with two attached hydrogens (primary N) is 1. The van der Waals surface area contributed by atoms with Crippen LogP contribution in [0.4, 0.5) is 21.9 Å². The number of benzene rings is 2. The first-order valence-electron chi connectivity index (χ1n) is 5.44. The standard InChI is InChI=1S/C13H11Cl2N3O/c14-9-6-5-8(7-10(9)15)17-13(19)18-12-4-2-1-3-11(12)16/h1-7H,16H2,(H2,17,18,19). The highest BCUT2D eigenvalue weighted by molar-refractivity contribution is 6.42. The van der Waals surface area contributed by atoms with Crippen molar-refractivity contribution < 1.29 is 4.79 Å². The number of rotatable bonds is 2. The minimum Gasteiger partial charge on any atom is -0.397 e. The molecule has 19 heavy (non-hydrogen) atoms. The Morgan fingerprint density at radius 1 is 1.00 bits per heavy atom. The van der Waals surface area contributed by atoms with Gasteiger partial charge in [-0.05, 0) is 30.3 Å². The van der Waals surface area contributed by atoms with Gasteiger partial charge in [-0.2, -0.15) is 0 Å². The quantitative estimate of drug-likeness (QED) is 0.726. The molecule has 0 aliphatic heterocycles. The third-order valence-electron chi connectivity index (χ3n) is 2.39. The number of carbonyl (C=O) groups is 1. The number of nitrogens with one attached hydrogen (secondary N) is 2. The van der Waals surface area contributed by atoms with Gasteiger partial charge in [0, 0.05) is 5.69 Å². The first-order chi connectivity index (χ1) is 9.06. The second kappa shape index (κ2) is 5.82. The molecule has 0 aromatic heterocycles. The second-order valence-corrected chi connectivity index (χ2v) is 4.61. The third kappa shape index (κ3) is 3.53. The molecule has 0 atom stereocenters. The highest BCUT2D eigenvalue weighted by Crippen LogP contribution is 2.25. The highest BCUT2D eigenvalue weighted by atomic mass is 35.5. The van der Waals surface area contributed by atoms with Crippen molar-refractivity contribution in [2.75, 3.05) is 16.4 Å². The van der Waals surface area contributed by atoms with Crippen molar-refractivity contribution in [1.82, 2.24) is 0 Å². The van der Waals surface area contributed by atoms with Crippen molar-refractivity contribution in [2.45, 2.75) is 0 Å². The van der Waals surface area contributed by atoms with E-state index in [9.17, 15) is 4.79 Å². The number of para-hydroxylation sites is 2. The fraction of sp³-hybridized carbons (Fsp3) is 0. The number of hydrogen-bond acceptors (Lipinski definition) is 2. The maximum atomic E-state index is 11.8. The molecule has 98 valence electrons. The summed E-state index contributed by atoms with van der Waals surface area (Å²) in [6.45, 7) is 0. The number of carbonyl (C=O) groups excluding carboxylic acids is 1. The molecule has 0 spiro atoms. The molecular weight excluding hydrogens is 285 g/mol. The highest BCUT2D eigenvalue weighted by Gasteiger charge is 2.06. The lowest BCUT2D eigenvalue weighted by molar-refractivity contribution is 0.262. The lowest BCUT2D eigenvalue weighted by Crippen LogP contribution is -2.20. The summed E-state index contributed by atoms with van der Waals surface area (Å²) < 4.78 is 0. The first kappa shape index (κ1) is 13.5. The lowest BCUT2D eigenvalue weighted by atomic mass is 10.3. The van der Waals surface area contributed by atoms with Crippen LogP contribution in [0, 0.1) is 0 Å². The van der Waals surface area contributed by atoms with Gasteiger partial charge in [-0.1, -0.05) is 35.3 Å². The average molecular weight is 296 g/mol. The molecule has 6 heteroatoms. The summed E-state index contributed by atoms with van der Waals surface area (Å²) in [5.74, 6) is 0. The van der Waals surface area contributed by atoms with Crippen LogP contribution in [0.15, 0.2) is 42.5 Å². The van der Waals surface area contributed by atoms with Gasteiger partial charge in [-0.15, -0.1) is 0 Å². The van der Waals surface area contributed by atoms with Crippen molar-refractivity contribution >= 4 is 46.3 Å². The number of urea groups is 1. The summed E-state index contributed by atoms with van der Waals surface area (Å²) in [6, 6.07) is 11.4. The molecule has 4 nitrogen and oxygen atoms in total. The zero-order chi connectivity index (χ0) is 13.8. The number of hydrogen-bond donors (Lipinski definition) is 3. The van der Waals surface area contributed by atoms with E-state index < -0.39 is 6.03 Å². The Morgan fingerprint density at radius 3 is 2.42 bits per heavy atom. The van der Waals surface area contributed by atoms with Crippen LogP contribution in [0.2, 0.25) is 10.0 Å². The molecule has 2 amide bonds. The summed E-state index contributed by atoms with van der Waals surface area (Å²) >= 11 is 11.6. The monoisotopic (exact) mass is 295 g/mol. The molecule has 0 fully saturated rings. The first-order valence-corrected chi connectivity index (χ1v) is 6.19. The van der Waals surface area contributed by atoms with Gasteiger partial charge in [0.25, 0.3) is 0 Å². The van der Waals surface area contributed by atoms with Gasteiger partial charge in [0.15, 0.2) is 0 Å². The van der Waals surface area contributed by atoms with E-state index in [0.717, 1.165) is 0 Å². The van der Waals surface area contributed by atoms with Crippen molar-refractivity contribution in [3.63, 3.8) is 0 Å². The van der Waals surface area contributed by atoms with Crippen LogP contribution in [0.1, 0.15) is 0 Å². The van der Waals surface area contributed by atoms with E-state index in [1.165, 1.54) is 0 Å². The molecule has 0 saturated heterocycles. The predicted octanol–water partition coefficient (Wildman–Crippen LogP) is 4.22. The third-order valence-corrected chi connectivity index (χ3v) is 3.13. The molecule has 2 rings (SSSR count). The van der Waals surface area contributed by atoms with Crippen LogP contribution in [0.3, 0.4) is 0 Å². The number of amides is 2. The molecule has 0 heterocycles. The maximum Gasteiger partial charge on any atom is 0.323 e. The zero-order valence-electron chi connectivity index (χ0n) is 9.78. The fourth-order valence-electron chi connectivity index (χ4n) is 1.47. The van der Waals surface area contributed by atoms with Crippen LogP contribution in [0.25, 0.3) is 0 Å². The van der Waals surface area contributed by atoms with E-state index >= 15 is 0 Å². The number of nitrogen functional groups attached to an aromatic ring is 1. The largest absolute Gasteiger partial charge is 0.397 e. The summed E-state index contributed by atoms with van der Waals surface area (Å²) in [5, 5.41) is 6.08. The van der Waals surface area contributed by atoms with Gasteiger partial charge >= 0.3 is 6.03 Å². The number of anilines is 3. The summed E-state index contributed by atoms with van der Waals surface area (Å²) in [5.41, 5.74) is 7.30. The Labute approximate surface area is 120 Å². The minimum atomic E-state index is -0.406. The Balaban J connectivity index is 2.05. The molecule has 2 aromatic carbocycles.